The minimum Gasteiger partial charge on any atom is -0.457 e. The van der Waals surface area contributed by atoms with Gasteiger partial charge in [0.15, 0.2) is 0 Å². The highest BCUT2D eigenvalue weighted by atomic mass is 28.3. The topological polar surface area (TPSA) is 161 Å². The number of hydrogen-bond acceptors (Lipinski definition) is 10. The predicted molar refractivity (Wildman–Crippen MR) is 241 cm³/mol. The van der Waals surface area contributed by atoms with Gasteiger partial charge in [-0.05, 0) is 103 Å². The number of aromatic nitrogens is 3. The molecule has 0 unspecified atom stereocenters. The molecule has 7 aromatic rings. The average molecular weight is 838 g/mol. The number of morpholine rings is 1. The summed E-state index contributed by atoms with van der Waals surface area (Å²) in [5.41, 5.74) is 12.7. The van der Waals surface area contributed by atoms with Crippen molar-refractivity contribution < 1.29 is 28.5 Å². The molecule has 3 heterocycles. The number of fused-ring (bicyclic) bond motifs is 1. The highest BCUT2D eigenvalue weighted by Crippen LogP contribution is 2.29. The molecule has 0 bridgehead atoms. The maximum atomic E-state index is 14.1. The lowest BCUT2D eigenvalue weighted by molar-refractivity contribution is 0.0303. The first-order chi connectivity index (χ1) is 29.6. The number of carbonyl (C=O) groups excluding carboxylic acids is 2. The van der Waals surface area contributed by atoms with Crippen LogP contribution < -0.4 is 26.5 Å². The van der Waals surface area contributed by atoms with E-state index in [1.165, 1.54) is 10.9 Å². The van der Waals surface area contributed by atoms with Gasteiger partial charge in [0.1, 0.15) is 35.5 Å². The average Bonchev–Trinajstić information content (AvgIpc) is 3.85. The Hall–Kier alpha value is -6.71. The van der Waals surface area contributed by atoms with E-state index in [0.717, 1.165) is 39.9 Å². The lowest BCUT2D eigenvalue weighted by Gasteiger charge is -2.26. The number of benzene rings is 5. The second-order valence-electron chi connectivity index (χ2n) is 15.7. The van der Waals surface area contributed by atoms with Gasteiger partial charge in [0, 0.05) is 44.4 Å². The molecular weight excluding hydrogens is 787 g/mol. The van der Waals surface area contributed by atoms with Crippen molar-refractivity contribution in [3.63, 3.8) is 0 Å². The number of nitrogens with one attached hydrogen (secondary N) is 1. The molecule has 0 aliphatic carbocycles. The van der Waals surface area contributed by atoms with Gasteiger partial charge in [0.25, 0.3) is 5.91 Å². The molecule has 1 saturated heterocycles. The highest BCUT2D eigenvalue weighted by molar-refractivity contribution is 6.76. The molecule has 1 amide bonds. The van der Waals surface area contributed by atoms with Gasteiger partial charge < -0.3 is 39.6 Å². The Kier molecular flexibility index (Phi) is 13.6. The van der Waals surface area contributed by atoms with Crippen LogP contribution in [0.2, 0.25) is 25.7 Å². The molecule has 2 aromatic heterocycles. The molecule has 1 fully saturated rings. The third-order valence-electron chi connectivity index (χ3n) is 10.0. The van der Waals surface area contributed by atoms with Gasteiger partial charge in [-0.15, -0.1) is 0 Å². The van der Waals surface area contributed by atoms with Gasteiger partial charge in [-0.1, -0.05) is 56.0 Å². The van der Waals surface area contributed by atoms with Crippen LogP contribution in [0.3, 0.4) is 0 Å². The minimum absolute atomic E-state index is 0.0529. The van der Waals surface area contributed by atoms with Gasteiger partial charge in [-0.25, -0.2) is 4.68 Å². The zero-order chi connectivity index (χ0) is 42.8. The van der Waals surface area contributed by atoms with Gasteiger partial charge in [0.05, 0.1) is 41.9 Å². The third kappa shape index (κ3) is 10.9. The van der Waals surface area contributed by atoms with Crippen molar-refractivity contribution >= 4 is 42.2 Å². The van der Waals surface area contributed by atoms with E-state index < -0.39 is 8.07 Å². The number of hydrazine groups is 1. The number of nitrogens with two attached hydrogens (primary N) is 2. The maximum Gasteiger partial charge on any atom is 0.254 e. The standard InChI is InChI=1S/C35H39N5O5Si.C12H12N2O/c1-46(2,3)20-19-44-24-39-31-14-9-25(35(42)38-15-17-43-18-16-38)21-26(31)22-32(39)33(41)30-23-37-40(34(30)36)27-10-12-29(13-11-27)45-28-7-5-4-6-8-28;13-14-10-6-8-12(9-7-10)15-11-4-2-1-3-5-11/h4-14,21-23H,15-20,24,36H2,1-3H3;1-9,14H,13H2. The fraction of sp³-hybridized carbons (Fsp3) is 0.213. The van der Waals surface area contributed by atoms with Crippen LogP contribution in [-0.2, 0) is 16.2 Å². The molecule has 5 N–H and O–H groups in total. The highest BCUT2D eigenvalue weighted by Gasteiger charge is 2.25. The first kappa shape index (κ1) is 42.4. The van der Waals surface area contributed by atoms with Crippen molar-refractivity contribution in [2.24, 2.45) is 5.84 Å². The van der Waals surface area contributed by atoms with E-state index in [0.29, 0.717) is 55.6 Å². The summed E-state index contributed by atoms with van der Waals surface area (Å²) in [5.74, 6) is 8.17. The first-order valence-corrected chi connectivity index (χ1v) is 23.9. The summed E-state index contributed by atoms with van der Waals surface area (Å²) in [6.07, 6.45) is 1.49. The van der Waals surface area contributed by atoms with Crippen molar-refractivity contribution in [2.45, 2.75) is 32.4 Å². The van der Waals surface area contributed by atoms with E-state index in [4.69, 9.17) is 30.5 Å². The summed E-state index contributed by atoms with van der Waals surface area (Å²) in [4.78, 5) is 29.1. The van der Waals surface area contributed by atoms with Crippen LogP contribution in [0.25, 0.3) is 16.6 Å². The van der Waals surface area contributed by atoms with Gasteiger partial charge in [0.2, 0.25) is 5.78 Å². The summed E-state index contributed by atoms with van der Waals surface area (Å²) in [7, 11) is -1.31. The van der Waals surface area contributed by atoms with E-state index in [9.17, 15) is 9.59 Å². The number of ketones is 1. The van der Waals surface area contributed by atoms with Gasteiger partial charge in [-0.2, -0.15) is 5.10 Å². The number of ether oxygens (including phenoxy) is 4. The second-order valence-corrected chi connectivity index (χ2v) is 21.3. The number of nitrogen functional groups attached to an aromatic ring is 2. The zero-order valence-electron chi connectivity index (χ0n) is 34.6. The maximum absolute atomic E-state index is 14.1. The number of hydrogen-bond donors (Lipinski definition) is 3. The Bertz CT molecular complexity index is 2530. The van der Waals surface area contributed by atoms with E-state index in [2.05, 4.69) is 30.2 Å². The predicted octanol–water partition coefficient (Wildman–Crippen LogP) is 8.98. The van der Waals surface area contributed by atoms with Crippen molar-refractivity contribution in [2.75, 3.05) is 44.1 Å². The Morgan fingerprint density at radius 1 is 0.770 bits per heavy atom. The molecule has 13 nitrogen and oxygen atoms in total. The van der Waals surface area contributed by atoms with Gasteiger partial charge in [-0.3, -0.25) is 15.4 Å². The largest absolute Gasteiger partial charge is 0.457 e. The summed E-state index contributed by atoms with van der Waals surface area (Å²) < 4.78 is 26.4. The number of para-hydroxylation sites is 2. The van der Waals surface area contributed by atoms with Crippen LogP contribution in [0.4, 0.5) is 11.5 Å². The van der Waals surface area contributed by atoms with E-state index in [1.54, 1.807) is 4.90 Å². The van der Waals surface area contributed by atoms with Crippen LogP contribution in [0.15, 0.2) is 140 Å². The van der Waals surface area contributed by atoms with Crippen LogP contribution >= 0.6 is 0 Å². The van der Waals surface area contributed by atoms with Crippen LogP contribution in [-0.4, -0.2) is 71.9 Å². The van der Waals surface area contributed by atoms with E-state index in [-0.39, 0.29) is 29.8 Å². The Morgan fingerprint density at radius 3 is 1.95 bits per heavy atom. The number of rotatable bonds is 14. The molecule has 1 aliphatic rings. The monoisotopic (exact) mass is 837 g/mol. The summed E-state index contributed by atoms with van der Waals surface area (Å²) in [6.45, 7) is 9.85. The Labute approximate surface area is 356 Å². The first-order valence-electron chi connectivity index (χ1n) is 20.2. The van der Waals surface area contributed by atoms with Crippen molar-refractivity contribution in [3.05, 3.63) is 156 Å². The van der Waals surface area contributed by atoms with Crippen molar-refractivity contribution in [1.82, 2.24) is 19.2 Å². The van der Waals surface area contributed by atoms with Crippen LogP contribution in [0.5, 0.6) is 23.0 Å². The number of amides is 1. The molecule has 5 aromatic carbocycles. The molecule has 1 aliphatic heterocycles. The molecule has 0 saturated carbocycles. The lowest BCUT2D eigenvalue weighted by atomic mass is 10.1. The summed E-state index contributed by atoms with van der Waals surface area (Å²) in [6, 6.07) is 42.3. The fourth-order valence-electron chi connectivity index (χ4n) is 6.61. The molecule has 0 spiro atoms. The summed E-state index contributed by atoms with van der Waals surface area (Å²) in [5, 5.41) is 5.23. The van der Waals surface area contributed by atoms with Gasteiger partial charge >= 0.3 is 0 Å². The number of nitrogens with zero attached hydrogens (tertiary/aromatic N) is 4. The fourth-order valence-corrected chi connectivity index (χ4v) is 7.37. The lowest BCUT2D eigenvalue weighted by Crippen LogP contribution is -2.40. The van der Waals surface area contributed by atoms with Crippen molar-refractivity contribution in [3.8, 4) is 28.7 Å². The van der Waals surface area contributed by atoms with E-state index in [1.807, 2.05) is 138 Å². The van der Waals surface area contributed by atoms with Crippen LogP contribution in [0, 0.1) is 0 Å². The van der Waals surface area contributed by atoms with Crippen LogP contribution in [0.1, 0.15) is 26.4 Å². The second kappa shape index (κ2) is 19.6. The third-order valence-corrected chi connectivity index (χ3v) is 11.7. The normalized spacial score (nSPS) is 12.7. The van der Waals surface area contributed by atoms with E-state index >= 15 is 0 Å². The summed E-state index contributed by atoms with van der Waals surface area (Å²) >= 11 is 0. The molecule has 314 valence electrons. The molecule has 8 rings (SSSR count). The Balaban J connectivity index is 0.000000314. The van der Waals surface area contributed by atoms with Crippen molar-refractivity contribution in [1.29, 1.82) is 0 Å². The Morgan fingerprint density at radius 2 is 1.36 bits per heavy atom. The molecular formula is C47H51N7O6Si. The molecule has 0 radical (unpaired) electrons. The molecule has 14 heteroatoms. The molecule has 61 heavy (non-hydrogen) atoms. The number of carbonyl (C=O) groups is 2. The SMILES string of the molecule is C[Si](C)(C)CCOCn1c(C(=O)c2cnn(-c3ccc(Oc4ccccc4)cc3)c2N)cc2cc(C(=O)N3CCOCC3)ccc21.NNc1ccc(Oc2ccccc2)cc1. The molecule has 0 atom stereocenters. The number of anilines is 2. The quantitative estimate of drug-likeness (QED) is 0.0317. The zero-order valence-corrected chi connectivity index (χ0v) is 35.6. The smallest absolute Gasteiger partial charge is 0.254 e. The minimum atomic E-state index is -1.31.